The van der Waals surface area contributed by atoms with Crippen molar-refractivity contribution in [1.29, 1.82) is 0 Å². The Morgan fingerprint density at radius 2 is 1.62 bits per heavy atom. The number of Topliss-reactive ketones (excluding diaryl/α,β-unsaturated/α-hetero) is 1. The highest BCUT2D eigenvalue weighted by atomic mass is 32.2. The first-order chi connectivity index (χ1) is 12.0. The normalized spacial score (nSPS) is 21.8. The number of benzene rings is 1. The zero-order chi connectivity index (χ0) is 19.5. The van der Waals surface area contributed by atoms with Gasteiger partial charge in [-0.2, -0.15) is 13.2 Å². The van der Waals surface area contributed by atoms with Crippen LogP contribution in [0.2, 0.25) is 0 Å². The lowest BCUT2D eigenvalue weighted by molar-refractivity contribution is -0.137. The maximum absolute atomic E-state index is 12.6. The molecule has 2 rings (SSSR count). The van der Waals surface area contributed by atoms with E-state index >= 15 is 0 Å². The molecule has 0 heterocycles. The summed E-state index contributed by atoms with van der Waals surface area (Å²) in [7, 11) is -3.08. The number of carbonyl (C=O) groups is 1. The molecule has 0 spiro atoms. The number of sulfone groups is 1. The summed E-state index contributed by atoms with van der Waals surface area (Å²) >= 11 is 0. The third kappa shape index (κ3) is 5.56. The fraction of sp³-hybridized carbons (Fsp3) is 0.632. The van der Waals surface area contributed by atoms with Crippen molar-refractivity contribution in [3.05, 3.63) is 35.4 Å². The van der Waals surface area contributed by atoms with Crippen LogP contribution < -0.4 is 0 Å². The molecule has 0 amide bonds. The highest BCUT2D eigenvalue weighted by Crippen LogP contribution is 2.32. The summed E-state index contributed by atoms with van der Waals surface area (Å²) in [6, 6.07) is 4.69. The van der Waals surface area contributed by atoms with Crippen molar-refractivity contribution in [2.24, 2.45) is 11.8 Å². The van der Waals surface area contributed by atoms with Crippen LogP contribution in [0.1, 0.15) is 50.7 Å². The summed E-state index contributed by atoms with van der Waals surface area (Å²) in [5.74, 6) is 0.160. The molecule has 1 aliphatic rings. The Balaban J connectivity index is 1.87. The van der Waals surface area contributed by atoms with E-state index in [-0.39, 0.29) is 35.0 Å². The fourth-order valence-electron chi connectivity index (χ4n) is 3.33. The molecule has 0 radical (unpaired) electrons. The maximum atomic E-state index is 12.6. The highest BCUT2D eigenvalue weighted by Gasteiger charge is 2.31. The summed E-state index contributed by atoms with van der Waals surface area (Å²) in [5.41, 5.74) is -0.145. The molecule has 1 saturated carbocycles. The van der Waals surface area contributed by atoms with Gasteiger partial charge in [0, 0.05) is 12.3 Å². The maximum Gasteiger partial charge on any atom is 0.416 e. The smallest absolute Gasteiger partial charge is 0.299 e. The minimum absolute atomic E-state index is 0.0231. The molecule has 3 nitrogen and oxygen atoms in total. The summed E-state index contributed by atoms with van der Waals surface area (Å²) in [5, 5.41) is -0.387. The first kappa shape index (κ1) is 20.9. The van der Waals surface area contributed by atoms with E-state index in [0.29, 0.717) is 31.2 Å². The molecular formula is C19H25F3O3S. The van der Waals surface area contributed by atoms with Gasteiger partial charge < -0.3 is 0 Å². The van der Waals surface area contributed by atoms with Gasteiger partial charge in [0.1, 0.15) is 5.78 Å². The molecule has 0 N–H and O–H groups in total. The molecule has 0 bridgehead atoms. The second-order valence-electron chi connectivity index (χ2n) is 7.43. The van der Waals surface area contributed by atoms with Crippen LogP contribution in [0.5, 0.6) is 0 Å². The molecule has 0 saturated heterocycles. The fourth-order valence-corrected chi connectivity index (χ4v) is 4.70. The van der Waals surface area contributed by atoms with E-state index < -0.39 is 21.6 Å². The van der Waals surface area contributed by atoms with Crippen LogP contribution >= 0.6 is 0 Å². The van der Waals surface area contributed by atoms with Crippen molar-refractivity contribution >= 4 is 15.6 Å². The molecule has 0 atom stereocenters. The number of carbonyl (C=O) groups excluding carboxylic acids is 1. The van der Waals surface area contributed by atoms with Crippen LogP contribution in [0.3, 0.4) is 0 Å². The van der Waals surface area contributed by atoms with Gasteiger partial charge in [-0.1, -0.05) is 12.1 Å². The number of rotatable bonds is 6. The zero-order valence-electron chi connectivity index (χ0n) is 15.1. The summed E-state index contributed by atoms with van der Waals surface area (Å²) < 4.78 is 61.7. The molecule has 0 aliphatic heterocycles. The van der Waals surface area contributed by atoms with Crippen LogP contribution in [-0.2, 0) is 27.2 Å². The Bertz CT molecular complexity index is 713. The predicted octanol–water partition coefficient (Wildman–Crippen LogP) is 4.45. The predicted molar refractivity (Wildman–Crippen MR) is 94.5 cm³/mol. The van der Waals surface area contributed by atoms with Crippen LogP contribution in [0.15, 0.2) is 24.3 Å². The third-order valence-electron chi connectivity index (χ3n) is 5.15. The minimum atomic E-state index is -4.38. The van der Waals surface area contributed by atoms with Crippen molar-refractivity contribution in [2.45, 2.75) is 57.4 Å². The number of hydrogen-bond acceptors (Lipinski definition) is 3. The van der Waals surface area contributed by atoms with Crippen molar-refractivity contribution in [2.75, 3.05) is 5.75 Å². The summed E-state index contributed by atoms with van der Waals surface area (Å²) in [6.07, 6.45) is -1.55. The van der Waals surface area contributed by atoms with Crippen LogP contribution in [-0.4, -0.2) is 25.2 Å². The van der Waals surface area contributed by atoms with Gasteiger partial charge in [0.15, 0.2) is 9.84 Å². The summed E-state index contributed by atoms with van der Waals surface area (Å²) in [6.45, 7) is 3.35. The Kier molecular flexibility index (Phi) is 6.53. The first-order valence-electron chi connectivity index (χ1n) is 8.89. The number of alkyl halides is 3. The number of halogens is 3. The molecular weight excluding hydrogens is 365 g/mol. The molecule has 146 valence electrons. The largest absolute Gasteiger partial charge is 0.416 e. The van der Waals surface area contributed by atoms with Gasteiger partial charge in [-0.3, -0.25) is 4.79 Å². The van der Waals surface area contributed by atoms with Gasteiger partial charge in [-0.15, -0.1) is 0 Å². The van der Waals surface area contributed by atoms with E-state index in [2.05, 4.69) is 0 Å². The summed E-state index contributed by atoms with van der Waals surface area (Å²) in [4.78, 5) is 12.4. The van der Waals surface area contributed by atoms with Gasteiger partial charge in [-0.05, 0) is 63.1 Å². The van der Waals surface area contributed by atoms with Crippen LogP contribution in [0.25, 0.3) is 0 Å². The van der Waals surface area contributed by atoms with E-state index in [1.807, 2.05) is 0 Å². The zero-order valence-corrected chi connectivity index (χ0v) is 15.9. The van der Waals surface area contributed by atoms with Gasteiger partial charge in [-0.25, -0.2) is 8.42 Å². The molecule has 26 heavy (non-hydrogen) atoms. The molecule has 1 aromatic carbocycles. The lowest BCUT2D eigenvalue weighted by Crippen LogP contribution is -2.29. The quantitative estimate of drug-likeness (QED) is 0.721. The average molecular weight is 390 g/mol. The van der Waals surface area contributed by atoms with Gasteiger partial charge in [0.2, 0.25) is 0 Å². The monoisotopic (exact) mass is 390 g/mol. The van der Waals surface area contributed by atoms with Crippen molar-refractivity contribution in [1.82, 2.24) is 0 Å². The van der Waals surface area contributed by atoms with Crippen molar-refractivity contribution < 1.29 is 26.4 Å². The Hall–Kier alpha value is -1.37. The standard InChI is InChI=1S/C19H25F3O3S/c1-13(2)26(24,25)12-15-3-7-16(8-4-15)18(23)11-14-5-9-17(10-6-14)19(20,21)22/h5-6,9-10,13,15-16H,3-4,7-8,11-12H2,1-2H3. The topological polar surface area (TPSA) is 51.2 Å². The van der Waals surface area contributed by atoms with E-state index in [1.165, 1.54) is 12.1 Å². The Morgan fingerprint density at radius 1 is 1.08 bits per heavy atom. The van der Waals surface area contributed by atoms with E-state index in [4.69, 9.17) is 0 Å². The van der Waals surface area contributed by atoms with Crippen molar-refractivity contribution in [3.8, 4) is 0 Å². The van der Waals surface area contributed by atoms with Crippen molar-refractivity contribution in [3.63, 3.8) is 0 Å². The van der Waals surface area contributed by atoms with Crippen LogP contribution in [0.4, 0.5) is 13.2 Å². The highest BCUT2D eigenvalue weighted by molar-refractivity contribution is 7.91. The number of hydrogen-bond donors (Lipinski definition) is 0. The Labute approximate surface area is 152 Å². The molecule has 7 heteroatoms. The second-order valence-corrected chi connectivity index (χ2v) is 10.0. The molecule has 1 fully saturated rings. The van der Waals surface area contributed by atoms with E-state index in [0.717, 1.165) is 12.1 Å². The lowest BCUT2D eigenvalue weighted by Gasteiger charge is -2.28. The van der Waals surface area contributed by atoms with E-state index in [9.17, 15) is 26.4 Å². The third-order valence-corrected chi connectivity index (χ3v) is 7.52. The minimum Gasteiger partial charge on any atom is -0.299 e. The molecule has 0 aromatic heterocycles. The average Bonchev–Trinajstić information content (AvgIpc) is 2.54. The molecule has 1 aliphatic carbocycles. The SMILES string of the molecule is CC(C)S(=O)(=O)CC1CCC(C(=O)Cc2ccc(C(F)(F)F)cc2)CC1. The second kappa shape index (κ2) is 8.11. The van der Waals surface area contributed by atoms with Gasteiger partial charge in [0.25, 0.3) is 0 Å². The number of ketones is 1. The molecule has 1 aromatic rings. The lowest BCUT2D eigenvalue weighted by atomic mass is 9.79. The van der Waals surface area contributed by atoms with E-state index in [1.54, 1.807) is 13.8 Å². The molecule has 0 unspecified atom stereocenters. The van der Waals surface area contributed by atoms with Crippen LogP contribution in [0, 0.1) is 11.8 Å². The van der Waals surface area contributed by atoms with Gasteiger partial charge in [0.05, 0.1) is 16.6 Å². The Morgan fingerprint density at radius 3 is 2.08 bits per heavy atom. The first-order valence-corrected chi connectivity index (χ1v) is 10.6. The van der Waals surface area contributed by atoms with Gasteiger partial charge >= 0.3 is 6.18 Å².